The average molecular weight is 224 g/mol. The van der Waals surface area contributed by atoms with E-state index < -0.39 is 12.1 Å². The Morgan fingerprint density at radius 1 is 1.19 bits per heavy atom. The molecular weight excluding hydrogens is 212 g/mol. The average Bonchev–Trinajstić information content (AvgIpc) is 2.29. The van der Waals surface area contributed by atoms with Gasteiger partial charge in [-0.15, -0.1) is 0 Å². The van der Waals surface area contributed by atoms with E-state index in [0.29, 0.717) is 5.75 Å². The van der Waals surface area contributed by atoms with Crippen molar-refractivity contribution in [3.8, 4) is 5.75 Å². The van der Waals surface area contributed by atoms with Crippen LogP contribution in [0, 0.1) is 0 Å². The number of hydrogen-bond acceptors (Lipinski definition) is 5. The minimum absolute atomic E-state index is 0.161. The lowest BCUT2D eigenvalue weighted by Gasteiger charge is -2.03. The first-order chi connectivity index (χ1) is 7.67. The predicted octanol–water partition coefficient (Wildman–Crippen LogP) is 2.01. The summed E-state index contributed by atoms with van der Waals surface area (Å²) in [5.41, 5.74) is 0.258. The van der Waals surface area contributed by atoms with Gasteiger partial charge in [-0.1, -0.05) is 0 Å². The van der Waals surface area contributed by atoms with Gasteiger partial charge in [0.25, 0.3) is 0 Å². The van der Waals surface area contributed by atoms with Crippen LogP contribution < -0.4 is 4.74 Å². The fourth-order valence-corrected chi connectivity index (χ4v) is 1.01. The number of hydrogen-bond donors (Lipinski definition) is 0. The number of methoxy groups -OCH3 is 1. The Morgan fingerprint density at radius 3 is 2.31 bits per heavy atom. The summed E-state index contributed by atoms with van der Waals surface area (Å²) in [6.45, 7) is 1.79. The quantitative estimate of drug-likeness (QED) is 0.580. The molecule has 0 aliphatic heterocycles. The molecule has 0 N–H and O–H groups in total. The largest absolute Gasteiger partial charge is 0.516 e. The van der Waals surface area contributed by atoms with Crippen LogP contribution in [0.3, 0.4) is 0 Å². The Balaban J connectivity index is 2.62. The first-order valence-corrected chi connectivity index (χ1v) is 4.70. The van der Waals surface area contributed by atoms with Gasteiger partial charge in [-0.05, 0) is 31.2 Å². The zero-order valence-corrected chi connectivity index (χ0v) is 9.06. The molecule has 0 aromatic heterocycles. The highest BCUT2D eigenvalue weighted by atomic mass is 16.7. The maximum atomic E-state index is 11.4. The van der Waals surface area contributed by atoms with Gasteiger partial charge in [0.05, 0.1) is 19.3 Å². The van der Waals surface area contributed by atoms with Crippen molar-refractivity contribution in [1.29, 1.82) is 0 Å². The number of carbonyl (C=O) groups is 2. The molecule has 0 saturated carbocycles. The zero-order valence-electron chi connectivity index (χ0n) is 9.06. The maximum Gasteiger partial charge on any atom is 0.516 e. The van der Waals surface area contributed by atoms with E-state index in [2.05, 4.69) is 9.47 Å². The smallest absolute Gasteiger partial charge is 0.497 e. The summed E-state index contributed by atoms with van der Waals surface area (Å²) in [5.74, 6) is -0.131. The molecule has 0 fully saturated rings. The number of ether oxygens (including phenoxy) is 3. The summed E-state index contributed by atoms with van der Waals surface area (Å²) in [7, 11) is 1.52. The third kappa shape index (κ3) is 3.27. The van der Waals surface area contributed by atoms with Crippen molar-refractivity contribution in [3.05, 3.63) is 29.8 Å². The second-order valence-electron chi connectivity index (χ2n) is 2.80. The van der Waals surface area contributed by atoms with Gasteiger partial charge in [-0.25, -0.2) is 9.59 Å². The normalized spacial score (nSPS) is 9.38. The molecule has 5 nitrogen and oxygen atoms in total. The highest BCUT2D eigenvalue weighted by Gasteiger charge is 2.13. The molecule has 0 unspecified atom stereocenters. The Morgan fingerprint density at radius 2 is 1.81 bits per heavy atom. The molecule has 0 radical (unpaired) electrons. The van der Waals surface area contributed by atoms with Crippen molar-refractivity contribution in [3.63, 3.8) is 0 Å². The third-order valence-electron chi connectivity index (χ3n) is 1.76. The van der Waals surface area contributed by atoms with Crippen molar-refractivity contribution in [1.82, 2.24) is 0 Å². The molecule has 0 spiro atoms. The Bertz CT molecular complexity index is 368. The van der Waals surface area contributed by atoms with Crippen LogP contribution in [0.1, 0.15) is 17.3 Å². The summed E-state index contributed by atoms with van der Waals surface area (Å²) >= 11 is 0. The lowest BCUT2D eigenvalue weighted by atomic mass is 10.2. The molecule has 0 heterocycles. The number of rotatable bonds is 3. The molecule has 0 saturated heterocycles. The van der Waals surface area contributed by atoms with Crippen LogP contribution in [0.15, 0.2) is 24.3 Å². The van der Waals surface area contributed by atoms with Crippen LogP contribution in [0.4, 0.5) is 4.79 Å². The summed E-state index contributed by atoms with van der Waals surface area (Å²) < 4.78 is 13.8. The molecule has 1 rings (SSSR count). The Labute approximate surface area is 92.9 Å². The van der Waals surface area contributed by atoms with Crippen LogP contribution in [-0.2, 0) is 9.47 Å². The second-order valence-corrected chi connectivity index (χ2v) is 2.80. The lowest BCUT2D eigenvalue weighted by Crippen LogP contribution is -2.13. The summed E-state index contributed by atoms with van der Waals surface area (Å²) in [5, 5.41) is 0. The van der Waals surface area contributed by atoms with Crippen molar-refractivity contribution in [2.75, 3.05) is 13.7 Å². The SMILES string of the molecule is CCOC(=O)OC(=O)c1ccc(OC)cc1. The second kappa shape index (κ2) is 5.75. The highest BCUT2D eigenvalue weighted by Crippen LogP contribution is 2.12. The number of carbonyl (C=O) groups excluding carboxylic acids is 2. The fourth-order valence-electron chi connectivity index (χ4n) is 1.01. The molecule has 1 aromatic carbocycles. The molecule has 86 valence electrons. The van der Waals surface area contributed by atoms with Gasteiger partial charge in [0, 0.05) is 0 Å². The number of esters is 1. The van der Waals surface area contributed by atoms with Gasteiger partial charge in [-0.2, -0.15) is 0 Å². The summed E-state index contributed by atoms with van der Waals surface area (Å²) in [6.07, 6.45) is -0.997. The van der Waals surface area contributed by atoms with Gasteiger partial charge in [0.1, 0.15) is 5.75 Å². The van der Waals surface area contributed by atoms with Crippen LogP contribution in [0.2, 0.25) is 0 Å². The van der Waals surface area contributed by atoms with Gasteiger partial charge in [0.15, 0.2) is 0 Å². The van der Waals surface area contributed by atoms with Gasteiger partial charge in [-0.3, -0.25) is 0 Å². The van der Waals surface area contributed by atoms with E-state index in [9.17, 15) is 9.59 Å². The van der Waals surface area contributed by atoms with E-state index in [1.165, 1.54) is 19.2 Å². The molecule has 0 aliphatic carbocycles. The first kappa shape index (κ1) is 12.0. The summed E-state index contributed by atoms with van der Waals surface area (Å²) in [6, 6.07) is 6.20. The molecule has 0 atom stereocenters. The van der Waals surface area contributed by atoms with E-state index in [-0.39, 0.29) is 12.2 Å². The molecular formula is C11H12O5. The van der Waals surface area contributed by atoms with E-state index in [1.807, 2.05) is 0 Å². The fraction of sp³-hybridized carbons (Fsp3) is 0.273. The highest BCUT2D eigenvalue weighted by molar-refractivity contribution is 5.95. The molecule has 16 heavy (non-hydrogen) atoms. The van der Waals surface area contributed by atoms with Crippen LogP contribution in [0.25, 0.3) is 0 Å². The Hall–Kier alpha value is -2.04. The number of benzene rings is 1. The minimum atomic E-state index is -0.997. The molecule has 0 aliphatic rings. The molecule has 0 bridgehead atoms. The standard InChI is InChI=1S/C11H12O5/c1-3-15-11(13)16-10(12)8-4-6-9(14-2)7-5-8/h4-7H,3H2,1-2H3. The van der Waals surface area contributed by atoms with E-state index in [1.54, 1.807) is 19.1 Å². The third-order valence-corrected chi connectivity index (χ3v) is 1.76. The Kier molecular flexibility index (Phi) is 4.32. The zero-order chi connectivity index (χ0) is 12.0. The minimum Gasteiger partial charge on any atom is -0.497 e. The van der Waals surface area contributed by atoms with Crippen LogP contribution in [-0.4, -0.2) is 25.8 Å². The van der Waals surface area contributed by atoms with Crippen molar-refractivity contribution < 1.29 is 23.8 Å². The monoisotopic (exact) mass is 224 g/mol. The lowest BCUT2D eigenvalue weighted by molar-refractivity contribution is 0.0401. The van der Waals surface area contributed by atoms with Crippen molar-refractivity contribution in [2.24, 2.45) is 0 Å². The topological polar surface area (TPSA) is 61.8 Å². The van der Waals surface area contributed by atoms with Crippen LogP contribution >= 0.6 is 0 Å². The van der Waals surface area contributed by atoms with Gasteiger partial charge < -0.3 is 14.2 Å². The van der Waals surface area contributed by atoms with Crippen LogP contribution in [0.5, 0.6) is 5.75 Å². The molecule has 0 amide bonds. The first-order valence-electron chi connectivity index (χ1n) is 4.70. The summed E-state index contributed by atoms with van der Waals surface area (Å²) in [4.78, 5) is 22.2. The van der Waals surface area contributed by atoms with Crippen molar-refractivity contribution >= 4 is 12.1 Å². The van der Waals surface area contributed by atoms with Gasteiger partial charge >= 0.3 is 12.1 Å². The van der Waals surface area contributed by atoms with Gasteiger partial charge in [0.2, 0.25) is 0 Å². The van der Waals surface area contributed by atoms with E-state index >= 15 is 0 Å². The predicted molar refractivity (Wildman–Crippen MR) is 55.4 cm³/mol. The van der Waals surface area contributed by atoms with E-state index in [0.717, 1.165) is 0 Å². The molecule has 5 heteroatoms. The van der Waals surface area contributed by atoms with E-state index in [4.69, 9.17) is 4.74 Å². The maximum absolute atomic E-state index is 11.4. The van der Waals surface area contributed by atoms with Crippen molar-refractivity contribution in [2.45, 2.75) is 6.92 Å². The molecule has 1 aromatic rings.